The van der Waals surface area contributed by atoms with Crippen molar-refractivity contribution in [2.75, 3.05) is 0 Å². The standard InChI is InChI=1S/C14H19N3/c1-11-3-5-13(6-4-11)14-9-16-10-17(14)8-7-12(2)15/h3-6,9-10,12H,7-8,15H2,1-2H3. The van der Waals surface area contributed by atoms with Gasteiger partial charge < -0.3 is 10.3 Å². The summed E-state index contributed by atoms with van der Waals surface area (Å²) < 4.78 is 2.16. The summed E-state index contributed by atoms with van der Waals surface area (Å²) in [6, 6.07) is 8.74. The van der Waals surface area contributed by atoms with Crippen molar-refractivity contribution in [3.8, 4) is 11.3 Å². The van der Waals surface area contributed by atoms with Crippen molar-refractivity contribution in [2.45, 2.75) is 32.9 Å². The molecule has 3 nitrogen and oxygen atoms in total. The molecule has 1 aromatic heterocycles. The van der Waals surface area contributed by atoms with Gasteiger partial charge in [-0.05, 0) is 25.8 Å². The van der Waals surface area contributed by atoms with Gasteiger partial charge in [0.2, 0.25) is 0 Å². The lowest BCUT2D eigenvalue weighted by atomic mass is 10.1. The average molecular weight is 229 g/mol. The van der Waals surface area contributed by atoms with Crippen LogP contribution in [0.1, 0.15) is 18.9 Å². The minimum Gasteiger partial charge on any atom is -0.331 e. The highest BCUT2D eigenvalue weighted by atomic mass is 15.0. The SMILES string of the molecule is Cc1ccc(-c2cncn2CCC(C)N)cc1. The zero-order valence-electron chi connectivity index (χ0n) is 10.4. The molecule has 0 aliphatic rings. The van der Waals surface area contributed by atoms with Crippen LogP contribution in [0.4, 0.5) is 0 Å². The molecule has 1 heterocycles. The molecular formula is C14H19N3. The number of imidazole rings is 1. The average Bonchev–Trinajstić information content (AvgIpc) is 2.75. The smallest absolute Gasteiger partial charge is 0.0950 e. The van der Waals surface area contributed by atoms with Crippen molar-refractivity contribution in [1.29, 1.82) is 0 Å². The largest absolute Gasteiger partial charge is 0.331 e. The van der Waals surface area contributed by atoms with Crippen LogP contribution in [-0.4, -0.2) is 15.6 Å². The highest BCUT2D eigenvalue weighted by Gasteiger charge is 2.05. The van der Waals surface area contributed by atoms with Gasteiger partial charge in [0.25, 0.3) is 0 Å². The Bertz CT molecular complexity index is 468. The molecule has 0 radical (unpaired) electrons. The number of nitrogens with zero attached hydrogens (tertiary/aromatic N) is 2. The van der Waals surface area contributed by atoms with Crippen molar-refractivity contribution in [3.63, 3.8) is 0 Å². The van der Waals surface area contributed by atoms with Gasteiger partial charge in [0, 0.05) is 12.6 Å². The highest BCUT2D eigenvalue weighted by molar-refractivity contribution is 5.59. The fourth-order valence-corrected chi connectivity index (χ4v) is 1.81. The molecule has 0 saturated heterocycles. The molecular weight excluding hydrogens is 210 g/mol. The van der Waals surface area contributed by atoms with E-state index in [2.05, 4.69) is 40.7 Å². The first-order chi connectivity index (χ1) is 8.16. The van der Waals surface area contributed by atoms with Crippen LogP contribution in [0.3, 0.4) is 0 Å². The van der Waals surface area contributed by atoms with Crippen molar-refractivity contribution in [1.82, 2.24) is 9.55 Å². The summed E-state index contributed by atoms with van der Waals surface area (Å²) in [4.78, 5) is 4.22. The number of rotatable bonds is 4. The van der Waals surface area contributed by atoms with Gasteiger partial charge in [-0.15, -0.1) is 0 Å². The van der Waals surface area contributed by atoms with Gasteiger partial charge in [-0.2, -0.15) is 0 Å². The van der Waals surface area contributed by atoms with Gasteiger partial charge in [0.15, 0.2) is 0 Å². The molecule has 0 saturated carbocycles. The van der Waals surface area contributed by atoms with Crippen molar-refractivity contribution < 1.29 is 0 Å². The topological polar surface area (TPSA) is 43.8 Å². The van der Waals surface area contributed by atoms with Gasteiger partial charge in [-0.25, -0.2) is 4.98 Å². The first kappa shape index (κ1) is 11.9. The van der Waals surface area contributed by atoms with Crippen molar-refractivity contribution in [2.24, 2.45) is 5.73 Å². The lowest BCUT2D eigenvalue weighted by molar-refractivity contribution is 0.573. The van der Waals surface area contributed by atoms with Crippen LogP contribution in [0.5, 0.6) is 0 Å². The summed E-state index contributed by atoms with van der Waals surface area (Å²) in [7, 11) is 0. The second kappa shape index (κ2) is 5.15. The summed E-state index contributed by atoms with van der Waals surface area (Å²) in [6.45, 7) is 5.04. The number of hydrogen-bond acceptors (Lipinski definition) is 2. The molecule has 2 N–H and O–H groups in total. The maximum atomic E-state index is 5.78. The van der Waals surface area contributed by atoms with Crippen LogP contribution in [-0.2, 0) is 6.54 Å². The van der Waals surface area contributed by atoms with E-state index in [1.165, 1.54) is 11.1 Å². The minimum absolute atomic E-state index is 0.225. The molecule has 2 rings (SSSR count). The van der Waals surface area contributed by atoms with Crippen LogP contribution < -0.4 is 5.73 Å². The molecule has 0 fully saturated rings. The van der Waals surface area contributed by atoms with E-state index in [-0.39, 0.29) is 6.04 Å². The molecule has 0 bridgehead atoms. The van der Waals surface area contributed by atoms with Crippen molar-refractivity contribution >= 4 is 0 Å². The number of nitrogens with two attached hydrogens (primary N) is 1. The summed E-state index contributed by atoms with van der Waals surface area (Å²) in [5.41, 5.74) is 9.42. The second-order valence-electron chi connectivity index (χ2n) is 4.60. The Kier molecular flexibility index (Phi) is 3.59. The van der Waals surface area contributed by atoms with Crippen molar-refractivity contribution in [3.05, 3.63) is 42.4 Å². The fraction of sp³-hybridized carbons (Fsp3) is 0.357. The highest BCUT2D eigenvalue weighted by Crippen LogP contribution is 2.19. The third-order valence-electron chi connectivity index (χ3n) is 2.88. The van der Waals surface area contributed by atoms with E-state index in [1.54, 1.807) is 0 Å². The Hall–Kier alpha value is -1.61. The maximum Gasteiger partial charge on any atom is 0.0950 e. The van der Waals surface area contributed by atoms with Gasteiger partial charge in [0.1, 0.15) is 0 Å². The van der Waals surface area contributed by atoms with Crippen LogP contribution >= 0.6 is 0 Å². The van der Waals surface area contributed by atoms with Crippen LogP contribution in [0.25, 0.3) is 11.3 Å². The van der Waals surface area contributed by atoms with Crippen LogP contribution in [0, 0.1) is 6.92 Å². The number of benzene rings is 1. The van der Waals surface area contributed by atoms with E-state index >= 15 is 0 Å². The molecule has 1 aromatic carbocycles. The lowest BCUT2D eigenvalue weighted by Gasteiger charge is -2.10. The molecule has 17 heavy (non-hydrogen) atoms. The first-order valence-electron chi connectivity index (χ1n) is 5.99. The molecule has 0 aliphatic carbocycles. The maximum absolute atomic E-state index is 5.78. The Balaban J connectivity index is 2.21. The van der Waals surface area contributed by atoms with E-state index in [1.807, 2.05) is 19.4 Å². The molecule has 0 aliphatic heterocycles. The summed E-state index contributed by atoms with van der Waals surface area (Å²) in [5.74, 6) is 0. The third kappa shape index (κ3) is 2.94. The summed E-state index contributed by atoms with van der Waals surface area (Å²) in [5, 5.41) is 0. The minimum atomic E-state index is 0.225. The zero-order valence-corrected chi connectivity index (χ0v) is 10.4. The Labute approximate surface area is 102 Å². The Morgan fingerprint density at radius 1 is 1.29 bits per heavy atom. The van der Waals surface area contributed by atoms with E-state index in [9.17, 15) is 0 Å². The molecule has 1 unspecified atom stereocenters. The quantitative estimate of drug-likeness (QED) is 0.875. The monoisotopic (exact) mass is 229 g/mol. The zero-order chi connectivity index (χ0) is 12.3. The molecule has 3 heteroatoms. The molecule has 1 atom stereocenters. The Morgan fingerprint density at radius 2 is 2.00 bits per heavy atom. The van der Waals surface area contributed by atoms with Gasteiger partial charge >= 0.3 is 0 Å². The van der Waals surface area contributed by atoms with Crippen LogP contribution in [0.15, 0.2) is 36.8 Å². The van der Waals surface area contributed by atoms with Crippen LogP contribution in [0.2, 0.25) is 0 Å². The molecule has 90 valence electrons. The van der Waals surface area contributed by atoms with Gasteiger partial charge in [-0.3, -0.25) is 0 Å². The Morgan fingerprint density at radius 3 is 2.65 bits per heavy atom. The van der Waals surface area contributed by atoms with E-state index < -0.39 is 0 Å². The lowest BCUT2D eigenvalue weighted by Crippen LogP contribution is -2.17. The summed E-state index contributed by atoms with van der Waals surface area (Å²) in [6.07, 6.45) is 4.75. The van der Waals surface area contributed by atoms with Gasteiger partial charge in [-0.1, -0.05) is 29.8 Å². The summed E-state index contributed by atoms with van der Waals surface area (Å²) >= 11 is 0. The van der Waals surface area contributed by atoms with E-state index in [0.29, 0.717) is 0 Å². The number of aryl methyl sites for hydroxylation is 2. The molecule has 0 spiro atoms. The fourth-order valence-electron chi connectivity index (χ4n) is 1.81. The number of aromatic nitrogens is 2. The molecule has 2 aromatic rings. The van der Waals surface area contributed by atoms with E-state index in [4.69, 9.17) is 5.73 Å². The predicted octanol–water partition coefficient (Wildman–Crippen LogP) is 2.60. The van der Waals surface area contributed by atoms with E-state index in [0.717, 1.165) is 18.7 Å². The molecule has 0 amide bonds. The third-order valence-corrected chi connectivity index (χ3v) is 2.88. The second-order valence-corrected chi connectivity index (χ2v) is 4.60. The van der Waals surface area contributed by atoms with Gasteiger partial charge in [0.05, 0.1) is 18.2 Å². The number of hydrogen-bond donors (Lipinski definition) is 1. The first-order valence-corrected chi connectivity index (χ1v) is 5.99. The predicted molar refractivity (Wildman–Crippen MR) is 70.7 cm³/mol. The normalized spacial score (nSPS) is 12.6.